The largest absolute Gasteiger partial charge is 0.481 e. The number of hydrogen-bond acceptors (Lipinski definition) is 2. The molecular formula is C14H22O4. The molecule has 0 aromatic heterocycles. The van der Waals surface area contributed by atoms with Crippen LogP contribution in [0.5, 0.6) is 0 Å². The zero-order valence-electron chi connectivity index (χ0n) is 11.3. The van der Waals surface area contributed by atoms with Crippen molar-refractivity contribution in [3.8, 4) is 0 Å². The van der Waals surface area contributed by atoms with Crippen molar-refractivity contribution in [2.75, 3.05) is 0 Å². The van der Waals surface area contributed by atoms with Crippen LogP contribution in [0.2, 0.25) is 0 Å². The summed E-state index contributed by atoms with van der Waals surface area (Å²) in [5, 5.41) is 17.5. The summed E-state index contributed by atoms with van der Waals surface area (Å²) >= 11 is 0. The molecule has 0 spiro atoms. The Morgan fingerprint density at radius 2 is 1.72 bits per heavy atom. The smallest absolute Gasteiger partial charge is 0.307 e. The van der Waals surface area contributed by atoms with Gasteiger partial charge in [-0.1, -0.05) is 23.3 Å². The van der Waals surface area contributed by atoms with Gasteiger partial charge >= 0.3 is 11.9 Å². The van der Waals surface area contributed by atoms with E-state index in [-0.39, 0.29) is 12.8 Å². The molecule has 0 heterocycles. The molecular weight excluding hydrogens is 232 g/mol. The number of aliphatic carboxylic acids is 2. The third kappa shape index (κ3) is 8.56. The summed E-state index contributed by atoms with van der Waals surface area (Å²) in [4.78, 5) is 21.4. The van der Waals surface area contributed by atoms with E-state index in [1.165, 1.54) is 5.57 Å². The Kier molecular flexibility index (Phi) is 7.76. The van der Waals surface area contributed by atoms with Crippen molar-refractivity contribution in [3.05, 3.63) is 23.3 Å². The summed E-state index contributed by atoms with van der Waals surface area (Å²) in [6, 6.07) is 0. The van der Waals surface area contributed by atoms with E-state index in [1.807, 2.05) is 26.8 Å². The molecule has 0 saturated heterocycles. The van der Waals surface area contributed by atoms with Crippen LogP contribution in [0.1, 0.15) is 46.5 Å². The molecule has 0 amide bonds. The van der Waals surface area contributed by atoms with Crippen molar-refractivity contribution in [1.29, 1.82) is 0 Å². The fourth-order valence-electron chi connectivity index (χ4n) is 1.52. The second-order valence-corrected chi connectivity index (χ2v) is 4.74. The molecule has 0 rings (SSSR count). The van der Waals surface area contributed by atoms with Crippen molar-refractivity contribution in [3.63, 3.8) is 0 Å². The van der Waals surface area contributed by atoms with Crippen LogP contribution in [0, 0.1) is 5.92 Å². The van der Waals surface area contributed by atoms with Gasteiger partial charge in [0, 0.05) is 0 Å². The molecule has 102 valence electrons. The molecule has 1 atom stereocenters. The standard InChI is InChI=1S/C14H22O4/c1-10(2)5-4-6-11(3)7-8-12(14(17)18)9-13(15)16/h5,7,12H,4,6,8-9H2,1-3H3,(H,15,16)(H,17,18)/b11-7+. The van der Waals surface area contributed by atoms with Crippen LogP contribution in [0.25, 0.3) is 0 Å². The minimum Gasteiger partial charge on any atom is -0.481 e. The first kappa shape index (κ1) is 16.4. The van der Waals surface area contributed by atoms with Gasteiger partial charge in [0.25, 0.3) is 0 Å². The summed E-state index contributed by atoms with van der Waals surface area (Å²) in [5.41, 5.74) is 2.36. The van der Waals surface area contributed by atoms with E-state index in [0.717, 1.165) is 18.4 Å². The van der Waals surface area contributed by atoms with Crippen LogP contribution in [-0.2, 0) is 9.59 Å². The maximum Gasteiger partial charge on any atom is 0.307 e. The van der Waals surface area contributed by atoms with Crippen molar-refractivity contribution in [1.82, 2.24) is 0 Å². The highest BCUT2D eigenvalue weighted by molar-refractivity contribution is 5.77. The van der Waals surface area contributed by atoms with Gasteiger partial charge in [-0.25, -0.2) is 0 Å². The normalized spacial score (nSPS) is 12.9. The summed E-state index contributed by atoms with van der Waals surface area (Å²) < 4.78 is 0. The van der Waals surface area contributed by atoms with Gasteiger partial charge in [0.2, 0.25) is 0 Å². The summed E-state index contributed by atoms with van der Waals surface area (Å²) in [7, 11) is 0. The van der Waals surface area contributed by atoms with Gasteiger partial charge in [0.15, 0.2) is 0 Å². The molecule has 0 aromatic carbocycles. The Morgan fingerprint density at radius 3 is 2.17 bits per heavy atom. The Morgan fingerprint density at radius 1 is 1.11 bits per heavy atom. The Bertz CT molecular complexity index is 349. The molecule has 0 aliphatic rings. The highest BCUT2D eigenvalue weighted by atomic mass is 16.4. The van der Waals surface area contributed by atoms with E-state index in [2.05, 4.69) is 6.08 Å². The topological polar surface area (TPSA) is 74.6 Å². The maximum atomic E-state index is 10.8. The van der Waals surface area contributed by atoms with Crippen LogP contribution in [0.15, 0.2) is 23.3 Å². The van der Waals surface area contributed by atoms with Gasteiger partial charge in [-0.2, -0.15) is 0 Å². The van der Waals surface area contributed by atoms with E-state index in [9.17, 15) is 9.59 Å². The van der Waals surface area contributed by atoms with Crippen molar-refractivity contribution < 1.29 is 19.8 Å². The predicted molar refractivity (Wildman–Crippen MR) is 70.4 cm³/mol. The van der Waals surface area contributed by atoms with E-state index in [1.54, 1.807) is 0 Å². The van der Waals surface area contributed by atoms with Crippen molar-refractivity contribution >= 4 is 11.9 Å². The SMILES string of the molecule is CC(C)=CCC/C(C)=C/CC(CC(=O)O)C(=O)O. The summed E-state index contributed by atoms with van der Waals surface area (Å²) in [6.07, 6.45) is 5.73. The fraction of sp³-hybridized carbons (Fsp3) is 0.571. The molecule has 18 heavy (non-hydrogen) atoms. The number of carbonyl (C=O) groups is 2. The van der Waals surface area contributed by atoms with Gasteiger partial charge in [0.1, 0.15) is 0 Å². The lowest BCUT2D eigenvalue weighted by Crippen LogP contribution is -2.17. The van der Waals surface area contributed by atoms with Gasteiger partial charge in [0.05, 0.1) is 12.3 Å². The molecule has 0 aliphatic carbocycles. The quantitative estimate of drug-likeness (QED) is 0.652. The monoisotopic (exact) mass is 254 g/mol. The average molecular weight is 254 g/mol. The second-order valence-electron chi connectivity index (χ2n) is 4.74. The van der Waals surface area contributed by atoms with Crippen molar-refractivity contribution in [2.45, 2.75) is 46.5 Å². The van der Waals surface area contributed by atoms with E-state index in [0.29, 0.717) is 0 Å². The predicted octanol–water partition coefficient (Wildman–Crippen LogP) is 3.24. The Hall–Kier alpha value is -1.58. The first-order valence-corrected chi connectivity index (χ1v) is 6.06. The lowest BCUT2D eigenvalue weighted by Gasteiger charge is -2.07. The van der Waals surface area contributed by atoms with Crippen LogP contribution in [-0.4, -0.2) is 22.2 Å². The van der Waals surface area contributed by atoms with Crippen molar-refractivity contribution in [2.24, 2.45) is 5.92 Å². The summed E-state index contributed by atoms with van der Waals surface area (Å²) in [5.74, 6) is -2.95. The average Bonchev–Trinajstić information content (AvgIpc) is 2.22. The number of allylic oxidation sites excluding steroid dienone is 4. The number of carboxylic acid groups (broad SMARTS) is 2. The van der Waals surface area contributed by atoms with Gasteiger partial charge in [-0.15, -0.1) is 0 Å². The number of carboxylic acids is 2. The zero-order chi connectivity index (χ0) is 14.1. The fourth-order valence-corrected chi connectivity index (χ4v) is 1.52. The van der Waals surface area contributed by atoms with E-state index in [4.69, 9.17) is 10.2 Å². The molecule has 0 radical (unpaired) electrons. The highest BCUT2D eigenvalue weighted by Crippen LogP contribution is 2.14. The molecule has 0 fully saturated rings. The lowest BCUT2D eigenvalue weighted by molar-refractivity contribution is -0.148. The zero-order valence-corrected chi connectivity index (χ0v) is 11.3. The maximum absolute atomic E-state index is 10.8. The van der Waals surface area contributed by atoms with E-state index >= 15 is 0 Å². The van der Waals surface area contributed by atoms with Gasteiger partial charge in [-0.3, -0.25) is 9.59 Å². The second kappa shape index (κ2) is 8.50. The third-order valence-corrected chi connectivity index (χ3v) is 2.61. The molecule has 0 saturated carbocycles. The first-order valence-electron chi connectivity index (χ1n) is 6.06. The number of hydrogen-bond donors (Lipinski definition) is 2. The molecule has 4 heteroatoms. The molecule has 1 unspecified atom stereocenters. The van der Waals surface area contributed by atoms with Gasteiger partial charge in [-0.05, 0) is 40.0 Å². The highest BCUT2D eigenvalue weighted by Gasteiger charge is 2.19. The van der Waals surface area contributed by atoms with Crippen LogP contribution < -0.4 is 0 Å². The summed E-state index contributed by atoms with van der Waals surface area (Å²) in [6.45, 7) is 6.01. The Balaban J connectivity index is 4.26. The van der Waals surface area contributed by atoms with Gasteiger partial charge < -0.3 is 10.2 Å². The molecule has 4 nitrogen and oxygen atoms in total. The molecule has 0 aliphatic heterocycles. The molecule has 0 aromatic rings. The first-order chi connectivity index (χ1) is 8.32. The Labute approximate surface area is 108 Å². The van der Waals surface area contributed by atoms with E-state index < -0.39 is 17.9 Å². The minimum absolute atomic E-state index is 0.280. The third-order valence-electron chi connectivity index (χ3n) is 2.61. The van der Waals surface area contributed by atoms with Crippen LogP contribution in [0.3, 0.4) is 0 Å². The lowest BCUT2D eigenvalue weighted by atomic mass is 9.99. The minimum atomic E-state index is -1.07. The van der Waals surface area contributed by atoms with Crippen LogP contribution >= 0.6 is 0 Å². The number of rotatable bonds is 8. The molecule has 0 bridgehead atoms. The van der Waals surface area contributed by atoms with Crippen LogP contribution in [0.4, 0.5) is 0 Å². The molecule has 2 N–H and O–H groups in total.